The number of halogens is 1. The molecule has 3 aromatic rings. The number of nitrogens with one attached hydrogen (secondary N) is 1. The second-order valence-electron chi connectivity index (χ2n) is 3.62. The summed E-state index contributed by atoms with van der Waals surface area (Å²) < 4.78 is 14.7. The third-order valence-corrected chi connectivity index (χ3v) is 2.40. The summed E-state index contributed by atoms with van der Waals surface area (Å²) in [5.41, 5.74) is 2.17. The summed E-state index contributed by atoms with van der Waals surface area (Å²) in [6, 6.07) is 6.32. The molecule has 0 saturated carbocycles. The average Bonchev–Trinajstić information content (AvgIpc) is 2.83. The number of benzene rings is 1. The largest absolute Gasteiger partial charge is 0.336 e. The first-order chi connectivity index (χ1) is 7.72. The highest BCUT2D eigenvalue weighted by atomic mass is 19.1. The zero-order valence-electron chi connectivity index (χ0n) is 8.61. The first kappa shape index (κ1) is 9.08. The summed E-state index contributed by atoms with van der Waals surface area (Å²) in [6.45, 7) is 0. The Bertz CT molecular complexity index is 653. The summed E-state index contributed by atoms with van der Waals surface area (Å²) in [7, 11) is 1.84. The normalized spacial score (nSPS) is 11.1. The minimum Gasteiger partial charge on any atom is -0.336 e. The Hall–Kier alpha value is -2.17. The molecule has 0 amide bonds. The van der Waals surface area contributed by atoms with Gasteiger partial charge in [0.25, 0.3) is 0 Å². The van der Waals surface area contributed by atoms with Gasteiger partial charge >= 0.3 is 0 Å². The van der Waals surface area contributed by atoms with Crippen LogP contribution in [0.1, 0.15) is 0 Å². The number of aryl methyl sites for hydroxylation is 1. The van der Waals surface area contributed by atoms with Crippen LogP contribution in [0.5, 0.6) is 0 Å². The third kappa shape index (κ3) is 1.37. The van der Waals surface area contributed by atoms with Crippen molar-refractivity contribution in [3.05, 3.63) is 36.3 Å². The Labute approximate surface area is 90.7 Å². The van der Waals surface area contributed by atoms with Crippen LogP contribution in [0.25, 0.3) is 22.6 Å². The SMILES string of the molecule is Cn1ccc(-c2nc3ccc(F)cc3[nH]2)n1. The first-order valence-corrected chi connectivity index (χ1v) is 4.88. The molecular weight excluding hydrogens is 207 g/mol. The lowest BCUT2D eigenvalue weighted by molar-refractivity contribution is 0.629. The van der Waals surface area contributed by atoms with Crippen LogP contribution in [0, 0.1) is 5.82 Å². The molecule has 0 unspecified atom stereocenters. The predicted octanol–water partition coefficient (Wildman–Crippen LogP) is 2.10. The van der Waals surface area contributed by atoms with Crippen molar-refractivity contribution in [2.24, 2.45) is 7.05 Å². The van der Waals surface area contributed by atoms with Crippen molar-refractivity contribution in [2.75, 3.05) is 0 Å². The summed E-state index contributed by atoms with van der Waals surface area (Å²) >= 11 is 0. The molecule has 1 aromatic carbocycles. The van der Waals surface area contributed by atoms with Crippen molar-refractivity contribution in [1.82, 2.24) is 19.7 Å². The predicted molar refractivity (Wildman–Crippen MR) is 58.3 cm³/mol. The molecule has 4 nitrogen and oxygen atoms in total. The Morgan fingerprint density at radius 3 is 2.94 bits per heavy atom. The smallest absolute Gasteiger partial charge is 0.159 e. The number of aromatic nitrogens is 4. The number of imidazole rings is 1. The van der Waals surface area contributed by atoms with Crippen molar-refractivity contribution in [2.45, 2.75) is 0 Å². The van der Waals surface area contributed by atoms with Gasteiger partial charge in [-0.2, -0.15) is 5.10 Å². The molecule has 0 fully saturated rings. The highest BCUT2D eigenvalue weighted by molar-refractivity contribution is 5.78. The van der Waals surface area contributed by atoms with Crippen LogP contribution in [0.4, 0.5) is 4.39 Å². The molecule has 0 aliphatic heterocycles. The minimum absolute atomic E-state index is 0.274. The number of rotatable bonds is 1. The van der Waals surface area contributed by atoms with Gasteiger partial charge in [0.15, 0.2) is 5.82 Å². The van der Waals surface area contributed by atoms with E-state index in [1.165, 1.54) is 12.1 Å². The van der Waals surface area contributed by atoms with E-state index >= 15 is 0 Å². The molecule has 0 atom stereocenters. The van der Waals surface area contributed by atoms with Crippen LogP contribution in [-0.2, 0) is 7.05 Å². The summed E-state index contributed by atoms with van der Waals surface area (Å²) in [6.07, 6.45) is 1.84. The summed E-state index contributed by atoms with van der Waals surface area (Å²) in [4.78, 5) is 7.38. The average molecular weight is 216 g/mol. The molecule has 0 spiro atoms. The fourth-order valence-electron chi connectivity index (χ4n) is 1.64. The highest BCUT2D eigenvalue weighted by Crippen LogP contribution is 2.19. The maximum absolute atomic E-state index is 13.0. The molecule has 3 rings (SSSR count). The Kier molecular flexibility index (Phi) is 1.80. The van der Waals surface area contributed by atoms with Crippen LogP contribution in [0.15, 0.2) is 30.5 Å². The minimum atomic E-state index is -0.274. The quantitative estimate of drug-likeness (QED) is 0.677. The molecule has 2 heterocycles. The number of nitrogens with zero attached hydrogens (tertiary/aromatic N) is 3. The van der Waals surface area contributed by atoms with E-state index in [1.54, 1.807) is 10.7 Å². The maximum Gasteiger partial charge on any atom is 0.159 e. The van der Waals surface area contributed by atoms with Gasteiger partial charge < -0.3 is 4.98 Å². The standard InChI is InChI=1S/C11H9FN4/c1-16-5-4-9(15-16)11-13-8-3-2-7(12)6-10(8)14-11/h2-6H,1H3,(H,13,14). The van der Waals surface area contributed by atoms with E-state index in [-0.39, 0.29) is 5.82 Å². The van der Waals surface area contributed by atoms with Crippen LogP contribution >= 0.6 is 0 Å². The van der Waals surface area contributed by atoms with Crippen molar-refractivity contribution in [1.29, 1.82) is 0 Å². The molecule has 16 heavy (non-hydrogen) atoms. The molecule has 0 aliphatic carbocycles. The number of hydrogen-bond donors (Lipinski definition) is 1. The topological polar surface area (TPSA) is 46.5 Å². The van der Waals surface area contributed by atoms with Gasteiger partial charge in [-0.05, 0) is 24.3 Å². The first-order valence-electron chi connectivity index (χ1n) is 4.88. The molecular formula is C11H9FN4. The fraction of sp³-hybridized carbons (Fsp3) is 0.0909. The molecule has 0 radical (unpaired) electrons. The molecule has 80 valence electrons. The highest BCUT2D eigenvalue weighted by Gasteiger charge is 2.07. The molecule has 5 heteroatoms. The van der Waals surface area contributed by atoms with Crippen LogP contribution in [0.3, 0.4) is 0 Å². The van der Waals surface area contributed by atoms with Crippen molar-refractivity contribution >= 4 is 11.0 Å². The van der Waals surface area contributed by atoms with E-state index in [4.69, 9.17) is 0 Å². The number of H-pyrrole nitrogens is 1. The van der Waals surface area contributed by atoms with Crippen molar-refractivity contribution in [3.8, 4) is 11.5 Å². The van der Waals surface area contributed by atoms with E-state index in [0.29, 0.717) is 11.3 Å². The van der Waals surface area contributed by atoms with Crippen molar-refractivity contribution in [3.63, 3.8) is 0 Å². The Balaban J connectivity index is 2.18. The van der Waals surface area contributed by atoms with Gasteiger partial charge in [0.1, 0.15) is 11.5 Å². The van der Waals surface area contributed by atoms with Gasteiger partial charge in [0.2, 0.25) is 0 Å². The fourth-order valence-corrected chi connectivity index (χ4v) is 1.64. The maximum atomic E-state index is 13.0. The van der Waals surface area contributed by atoms with E-state index in [0.717, 1.165) is 11.2 Å². The van der Waals surface area contributed by atoms with Gasteiger partial charge in [-0.25, -0.2) is 9.37 Å². The zero-order chi connectivity index (χ0) is 11.1. The van der Waals surface area contributed by atoms with Gasteiger partial charge in [-0.15, -0.1) is 0 Å². The van der Waals surface area contributed by atoms with Crippen LogP contribution in [0.2, 0.25) is 0 Å². The van der Waals surface area contributed by atoms with Gasteiger partial charge in [0, 0.05) is 13.2 Å². The van der Waals surface area contributed by atoms with E-state index in [9.17, 15) is 4.39 Å². The van der Waals surface area contributed by atoms with Crippen molar-refractivity contribution < 1.29 is 4.39 Å². The number of aromatic amines is 1. The number of fused-ring (bicyclic) bond motifs is 1. The lowest BCUT2D eigenvalue weighted by atomic mass is 10.3. The number of hydrogen-bond acceptors (Lipinski definition) is 2. The lowest BCUT2D eigenvalue weighted by Crippen LogP contribution is -1.88. The van der Waals surface area contributed by atoms with E-state index < -0.39 is 0 Å². The summed E-state index contributed by atoms with van der Waals surface area (Å²) in [5.74, 6) is 0.380. The Morgan fingerprint density at radius 1 is 1.31 bits per heavy atom. The third-order valence-electron chi connectivity index (χ3n) is 2.40. The monoisotopic (exact) mass is 216 g/mol. The molecule has 0 aliphatic rings. The molecule has 0 bridgehead atoms. The van der Waals surface area contributed by atoms with E-state index in [2.05, 4.69) is 15.1 Å². The second-order valence-corrected chi connectivity index (χ2v) is 3.62. The van der Waals surface area contributed by atoms with Crippen LogP contribution < -0.4 is 0 Å². The van der Waals surface area contributed by atoms with Gasteiger partial charge in [-0.3, -0.25) is 4.68 Å². The molecule has 0 saturated heterocycles. The van der Waals surface area contributed by atoms with Gasteiger partial charge in [0.05, 0.1) is 11.0 Å². The van der Waals surface area contributed by atoms with Gasteiger partial charge in [-0.1, -0.05) is 0 Å². The summed E-state index contributed by atoms with van der Waals surface area (Å²) in [5, 5.41) is 4.23. The zero-order valence-corrected chi connectivity index (χ0v) is 8.61. The van der Waals surface area contributed by atoms with E-state index in [1.807, 2.05) is 19.3 Å². The van der Waals surface area contributed by atoms with Crippen LogP contribution in [-0.4, -0.2) is 19.7 Å². The Morgan fingerprint density at radius 2 is 2.19 bits per heavy atom. The molecule has 1 N–H and O–H groups in total. The second kappa shape index (κ2) is 3.16. The molecule has 2 aromatic heterocycles. The lowest BCUT2D eigenvalue weighted by Gasteiger charge is -1.87.